The van der Waals surface area contributed by atoms with Gasteiger partial charge in [0.05, 0.1) is 11.9 Å². The first kappa shape index (κ1) is 26.4. The smallest absolute Gasteiger partial charge is 0.244 e. The van der Waals surface area contributed by atoms with E-state index in [1.165, 1.54) is 4.90 Å². The maximum absolute atomic E-state index is 13.3. The first-order valence-corrected chi connectivity index (χ1v) is 13.1. The number of amides is 2. The second-order valence-electron chi connectivity index (χ2n) is 7.07. The molecule has 0 aromatic heterocycles. The molecule has 174 valence electrons. The van der Waals surface area contributed by atoms with E-state index in [1.807, 2.05) is 0 Å². The summed E-state index contributed by atoms with van der Waals surface area (Å²) in [4.78, 5) is 27.1. The molecule has 0 heterocycles. The summed E-state index contributed by atoms with van der Waals surface area (Å²) in [7, 11) is -3.78. The molecular formula is C21H24BrCl2N3O4S. The number of hydrogen-bond donors (Lipinski definition) is 1. The number of halogens is 3. The monoisotopic (exact) mass is 563 g/mol. The van der Waals surface area contributed by atoms with E-state index in [0.29, 0.717) is 27.8 Å². The molecule has 0 aliphatic heterocycles. The molecule has 1 N–H and O–H groups in total. The van der Waals surface area contributed by atoms with E-state index in [0.717, 1.165) is 15.0 Å². The Morgan fingerprint density at radius 3 is 2.28 bits per heavy atom. The number of carbonyl (C=O) groups is 2. The zero-order valence-corrected chi connectivity index (χ0v) is 21.7. The first-order valence-electron chi connectivity index (χ1n) is 9.68. The van der Waals surface area contributed by atoms with Crippen LogP contribution in [0.4, 0.5) is 5.69 Å². The molecule has 2 aromatic rings. The van der Waals surface area contributed by atoms with Crippen LogP contribution in [0, 0.1) is 0 Å². The highest BCUT2D eigenvalue weighted by atomic mass is 79.9. The maximum atomic E-state index is 13.3. The van der Waals surface area contributed by atoms with Crippen molar-refractivity contribution in [3.05, 3.63) is 62.5 Å². The second-order valence-corrected chi connectivity index (χ2v) is 10.7. The number of nitrogens with one attached hydrogen (secondary N) is 1. The summed E-state index contributed by atoms with van der Waals surface area (Å²) in [5.74, 6) is -0.913. The molecule has 1 atom stereocenters. The molecule has 0 fully saturated rings. The quantitative estimate of drug-likeness (QED) is 0.497. The highest BCUT2D eigenvalue weighted by molar-refractivity contribution is 9.10. The van der Waals surface area contributed by atoms with Gasteiger partial charge in [-0.1, -0.05) is 45.2 Å². The number of rotatable bonds is 9. The van der Waals surface area contributed by atoms with Gasteiger partial charge < -0.3 is 10.2 Å². The third-order valence-corrected chi connectivity index (χ3v) is 6.92. The molecule has 0 radical (unpaired) electrons. The molecule has 0 spiro atoms. The Bertz CT molecular complexity index is 1080. The standard InChI is InChI=1S/C21H24BrCl2N3O4S/c1-4-25-21(29)14(2)26(12-15-5-8-17(23)11-19(15)24)20(28)13-27(32(3,30)31)18-9-6-16(22)7-10-18/h5-11,14H,4,12-13H2,1-3H3,(H,25,29)/t14-/m1/s1. The van der Waals surface area contributed by atoms with E-state index in [2.05, 4.69) is 21.2 Å². The molecule has 2 rings (SSSR count). The van der Waals surface area contributed by atoms with Crippen LogP contribution in [0.5, 0.6) is 0 Å². The van der Waals surface area contributed by atoms with Crippen LogP contribution < -0.4 is 9.62 Å². The number of nitrogens with zero attached hydrogens (tertiary/aromatic N) is 2. The molecule has 32 heavy (non-hydrogen) atoms. The van der Waals surface area contributed by atoms with E-state index in [1.54, 1.807) is 56.3 Å². The Morgan fingerprint density at radius 1 is 1.12 bits per heavy atom. The highest BCUT2D eigenvalue weighted by Crippen LogP contribution is 2.25. The van der Waals surface area contributed by atoms with Gasteiger partial charge in [0.1, 0.15) is 12.6 Å². The summed E-state index contributed by atoms with van der Waals surface area (Å²) in [5, 5.41) is 3.46. The number of anilines is 1. The zero-order valence-electron chi connectivity index (χ0n) is 17.8. The van der Waals surface area contributed by atoms with Crippen LogP contribution in [0.25, 0.3) is 0 Å². The van der Waals surface area contributed by atoms with E-state index in [9.17, 15) is 18.0 Å². The topological polar surface area (TPSA) is 86.8 Å². The van der Waals surface area contributed by atoms with E-state index < -0.39 is 28.5 Å². The van der Waals surface area contributed by atoms with Crippen molar-refractivity contribution in [3.8, 4) is 0 Å². The van der Waals surface area contributed by atoms with Gasteiger partial charge in [0.25, 0.3) is 0 Å². The Hall–Kier alpha value is -1.81. The fraction of sp³-hybridized carbons (Fsp3) is 0.333. The molecule has 0 bridgehead atoms. The summed E-state index contributed by atoms with van der Waals surface area (Å²) in [6.07, 6.45) is 1.02. The lowest BCUT2D eigenvalue weighted by Crippen LogP contribution is -2.51. The zero-order chi connectivity index (χ0) is 24.1. The van der Waals surface area contributed by atoms with Gasteiger partial charge in [0.2, 0.25) is 21.8 Å². The van der Waals surface area contributed by atoms with Crippen LogP contribution in [-0.2, 0) is 26.2 Å². The van der Waals surface area contributed by atoms with Gasteiger partial charge in [-0.05, 0) is 55.8 Å². The van der Waals surface area contributed by atoms with Crippen molar-refractivity contribution >= 4 is 66.7 Å². The largest absolute Gasteiger partial charge is 0.355 e. The Kier molecular flexibility index (Phi) is 9.39. The SMILES string of the molecule is CCNC(=O)[C@@H](C)N(Cc1ccc(Cl)cc1Cl)C(=O)CN(c1ccc(Br)cc1)S(C)(=O)=O. The summed E-state index contributed by atoms with van der Waals surface area (Å²) < 4.78 is 26.7. The van der Waals surface area contributed by atoms with Gasteiger partial charge in [-0.2, -0.15) is 0 Å². The minimum Gasteiger partial charge on any atom is -0.355 e. The van der Waals surface area contributed by atoms with Crippen LogP contribution in [-0.4, -0.2) is 50.5 Å². The highest BCUT2D eigenvalue weighted by Gasteiger charge is 2.30. The number of carbonyl (C=O) groups excluding carboxylic acids is 2. The molecule has 0 saturated heterocycles. The van der Waals surface area contributed by atoms with E-state index >= 15 is 0 Å². The second kappa shape index (κ2) is 11.4. The van der Waals surface area contributed by atoms with Crippen molar-refractivity contribution in [2.24, 2.45) is 0 Å². The summed E-state index contributed by atoms with van der Waals surface area (Å²) in [6, 6.07) is 10.5. The molecule has 2 aromatic carbocycles. The van der Waals surface area contributed by atoms with E-state index in [-0.39, 0.29) is 12.5 Å². The lowest BCUT2D eigenvalue weighted by Gasteiger charge is -2.31. The van der Waals surface area contributed by atoms with Crippen LogP contribution >= 0.6 is 39.1 Å². The number of benzene rings is 2. The van der Waals surface area contributed by atoms with E-state index in [4.69, 9.17) is 23.2 Å². The molecular weight excluding hydrogens is 541 g/mol. The third-order valence-electron chi connectivity index (χ3n) is 4.67. The lowest BCUT2D eigenvalue weighted by molar-refractivity contribution is -0.139. The van der Waals surface area contributed by atoms with Crippen LogP contribution in [0.1, 0.15) is 19.4 Å². The van der Waals surface area contributed by atoms with Gasteiger partial charge in [0, 0.05) is 27.6 Å². The van der Waals surface area contributed by atoms with Gasteiger partial charge in [-0.3, -0.25) is 13.9 Å². The lowest BCUT2D eigenvalue weighted by atomic mass is 10.1. The maximum Gasteiger partial charge on any atom is 0.244 e. The van der Waals surface area contributed by atoms with Gasteiger partial charge in [0.15, 0.2) is 0 Å². The normalized spacial score (nSPS) is 12.2. The van der Waals surface area contributed by atoms with Crippen LogP contribution in [0.2, 0.25) is 10.0 Å². The molecule has 0 aliphatic carbocycles. The van der Waals surface area contributed by atoms with Gasteiger partial charge in [-0.25, -0.2) is 8.42 Å². The summed E-state index contributed by atoms with van der Waals surface area (Å²) >= 11 is 15.5. The molecule has 0 unspecified atom stereocenters. The van der Waals surface area contributed by atoms with Crippen molar-refractivity contribution < 1.29 is 18.0 Å². The molecule has 7 nitrogen and oxygen atoms in total. The van der Waals surface area contributed by atoms with Crippen molar-refractivity contribution in [1.29, 1.82) is 0 Å². The molecule has 11 heteroatoms. The number of sulfonamides is 1. The third kappa shape index (κ3) is 7.10. The summed E-state index contributed by atoms with van der Waals surface area (Å²) in [6.45, 7) is 3.27. The van der Waals surface area contributed by atoms with Crippen molar-refractivity contribution in [2.75, 3.05) is 23.7 Å². The molecule has 0 aliphatic rings. The van der Waals surface area contributed by atoms with Crippen molar-refractivity contribution in [2.45, 2.75) is 26.4 Å². The predicted molar refractivity (Wildman–Crippen MR) is 131 cm³/mol. The summed E-state index contributed by atoms with van der Waals surface area (Å²) in [5.41, 5.74) is 0.911. The minimum absolute atomic E-state index is 0.00504. The first-order chi connectivity index (χ1) is 14.9. The number of likely N-dealkylation sites (N-methyl/N-ethyl adjacent to an activating group) is 1. The number of hydrogen-bond acceptors (Lipinski definition) is 4. The Labute approximate surface area is 206 Å². The Morgan fingerprint density at radius 2 is 1.75 bits per heavy atom. The molecule has 0 saturated carbocycles. The van der Waals surface area contributed by atoms with Crippen molar-refractivity contribution in [1.82, 2.24) is 10.2 Å². The average molecular weight is 565 g/mol. The fourth-order valence-corrected chi connectivity index (χ4v) is 4.54. The molecule has 2 amide bonds. The fourth-order valence-electron chi connectivity index (χ4n) is 2.96. The van der Waals surface area contributed by atoms with Gasteiger partial charge in [-0.15, -0.1) is 0 Å². The minimum atomic E-state index is -3.78. The van der Waals surface area contributed by atoms with Gasteiger partial charge >= 0.3 is 0 Å². The van der Waals surface area contributed by atoms with Crippen LogP contribution in [0.15, 0.2) is 46.9 Å². The Balaban J connectivity index is 2.40. The van der Waals surface area contributed by atoms with Crippen molar-refractivity contribution in [3.63, 3.8) is 0 Å². The predicted octanol–water partition coefficient (Wildman–Crippen LogP) is 4.08. The van der Waals surface area contributed by atoms with Crippen LogP contribution in [0.3, 0.4) is 0 Å². The average Bonchev–Trinajstić information content (AvgIpc) is 2.71.